The summed E-state index contributed by atoms with van der Waals surface area (Å²) in [6.07, 6.45) is -2.44. The van der Waals surface area contributed by atoms with Crippen molar-refractivity contribution in [1.82, 2.24) is 9.97 Å². The maximum Gasteiger partial charge on any atom is 0.416 e. The molecule has 2 rings (SSSR count). The van der Waals surface area contributed by atoms with Crippen molar-refractivity contribution < 1.29 is 27.9 Å². The Kier molecular flexibility index (Phi) is 4.06. The van der Waals surface area contributed by atoms with Gasteiger partial charge in [-0.1, -0.05) is 6.07 Å². The molecule has 1 heterocycles. The van der Waals surface area contributed by atoms with Crippen LogP contribution in [0, 0.1) is 0 Å². The molecule has 1 aromatic carbocycles. The molecule has 0 aliphatic heterocycles. The molecule has 0 saturated carbocycles. The number of aromatic nitrogens is 2. The van der Waals surface area contributed by atoms with Gasteiger partial charge in [-0.15, -0.1) is 0 Å². The number of aromatic carboxylic acids is 1. The quantitative estimate of drug-likeness (QED) is 0.916. The van der Waals surface area contributed by atoms with Crippen molar-refractivity contribution in [3.8, 4) is 0 Å². The van der Waals surface area contributed by atoms with E-state index in [4.69, 9.17) is 0 Å². The van der Waals surface area contributed by atoms with Crippen molar-refractivity contribution in [1.29, 1.82) is 0 Å². The van der Waals surface area contributed by atoms with Crippen molar-refractivity contribution in [3.05, 3.63) is 53.6 Å². The first-order valence-corrected chi connectivity index (χ1v) is 5.80. The minimum absolute atomic E-state index is 0.158. The zero-order chi connectivity index (χ0) is 16.3. The molecule has 0 aliphatic carbocycles. The molecule has 2 aromatic rings. The molecule has 0 unspecified atom stereocenters. The zero-order valence-electron chi connectivity index (χ0n) is 10.7. The number of nitrogens with one attached hydrogen (secondary N) is 1. The standard InChI is InChI=1S/C13H8F3N3O3/c14-13(15,16)7-2-1-3-8(6-7)19-11(20)9-10(12(21)22)18-5-4-17-9/h1-6H,(H,19,20)(H,21,22)/p-1. The summed E-state index contributed by atoms with van der Waals surface area (Å²) in [6.45, 7) is 0. The van der Waals surface area contributed by atoms with Gasteiger partial charge in [0.25, 0.3) is 5.91 Å². The van der Waals surface area contributed by atoms with Crippen LogP contribution < -0.4 is 10.4 Å². The fraction of sp³-hybridized carbons (Fsp3) is 0.0769. The number of anilines is 1. The average molecular weight is 310 g/mol. The number of halogens is 3. The lowest BCUT2D eigenvalue weighted by atomic mass is 10.2. The van der Waals surface area contributed by atoms with Crippen LogP contribution in [0.15, 0.2) is 36.7 Å². The topological polar surface area (TPSA) is 95.0 Å². The largest absolute Gasteiger partial charge is 0.543 e. The number of benzene rings is 1. The van der Waals surface area contributed by atoms with E-state index in [-0.39, 0.29) is 5.69 Å². The SMILES string of the molecule is O=C([O-])c1nccnc1C(=O)Nc1cccc(C(F)(F)F)c1. The van der Waals surface area contributed by atoms with E-state index in [0.717, 1.165) is 24.5 Å². The van der Waals surface area contributed by atoms with Gasteiger partial charge in [-0.3, -0.25) is 9.78 Å². The summed E-state index contributed by atoms with van der Waals surface area (Å²) >= 11 is 0. The summed E-state index contributed by atoms with van der Waals surface area (Å²) in [4.78, 5) is 29.7. The fourth-order valence-electron chi connectivity index (χ4n) is 1.62. The Balaban J connectivity index is 2.29. The lowest BCUT2D eigenvalue weighted by Gasteiger charge is -2.11. The number of hydrogen-bond donors (Lipinski definition) is 1. The molecule has 9 heteroatoms. The van der Waals surface area contributed by atoms with Gasteiger partial charge >= 0.3 is 6.18 Å². The fourth-order valence-corrected chi connectivity index (χ4v) is 1.62. The first kappa shape index (κ1) is 15.4. The van der Waals surface area contributed by atoms with E-state index in [1.165, 1.54) is 6.07 Å². The van der Waals surface area contributed by atoms with Gasteiger partial charge < -0.3 is 15.2 Å². The summed E-state index contributed by atoms with van der Waals surface area (Å²) in [5, 5.41) is 13.0. The highest BCUT2D eigenvalue weighted by molar-refractivity contribution is 6.08. The Morgan fingerprint density at radius 3 is 2.32 bits per heavy atom. The number of carbonyl (C=O) groups excluding carboxylic acids is 2. The molecule has 1 amide bonds. The predicted molar refractivity (Wildman–Crippen MR) is 65.8 cm³/mol. The van der Waals surface area contributed by atoms with Crippen LogP contribution in [0.5, 0.6) is 0 Å². The molecule has 6 nitrogen and oxygen atoms in total. The molecule has 1 aromatic heterocycles. The van der Waals surface area contributed by atoms with E-state index >= 15 is 0 Å². The molecule has 114 valence electrons. The van der Waals surface area contributed by atoms with E-state index in [2.05, 4.69) is 15.3 Å². The number of nitrogens with zero attached hydrogens (tertiary/aromatic N) is 2. The minimum atomic E-state index is -4.57. The molecule has 0 fully saturated rings. The van der Waals surface area contributed by atoms with Gasteiger partial charge in [-0.2, -0.15) is 13.2 Å². The third kappa shape index (κ3) is 3.37. The van der Waals surface area contributed by atoms with Gasteiger partial charge in [0.05, 0.1) is 11.5 Å². The lowest BCUT2D eigenvalue weighted by Crippen LogP contribution is -2.28. The van der Waals surface area contributed by atoms with Crippen LogP contribution >= 0.6 is 0 Å². The Hall–Kier alpha value is -2.97. The summed E-state index contributed by atoms with van der Waals surface area (Å²) in [7, 11) is 0. The monoisotopic (exact) mass is 310 g/mol. The number of carboxylic acids is 1. The van der Waals surface area contributed by atoms with Crippen molar-refractivity contribution in [3.63, 3.8) is 0 Å². The van der Waals surface area contributed by atoms with Gasteiger partial charge in [0.2, 0.25) is 0 Å². The number of carbonyl (C=O) groups is 2. The first-order chi connectivity index (χ1) is 10.3. The van der Waals surface area contributed by atoms with E-state index in [0.29, 0.717) is 6.07 Å². The smallest absolute Gasteiger partial charge is 0.416 e. The molecule has 0 bridgehead atoms. The molecule has 0 radical (unpaired) electrons. The molecule has 1 N–H and O–H groups in total. The highest BCUT2D eigenvalue weighted by atomic mass is 19.4. The molecule has 0 atom stereocenters. The Morgan fingerprint density at radius 1 is 1.09 bits per heavy atom. The Morgan fingerprint density at radius 2 is 1.73 bits per heavy atom. The van der Waals surface area contributed by atoms with Crippen molar-refractivity contribution in [2.75, 3.05) is 5.32 Å². The van der Waals surface area contributed by atoms with Crippen molar-refractivity contribution in [2.45, 2.75) is 6.18 Å². The third-order valence-corrected chi connectivity index (χ3v) is 2.55. The average Bonchev–Trinajstić information content (AvgIpc) is 2.46. The van der Waals surface area contributed by atoms with Crippen LogP contribution in [0.2, 0.25) is 0 Å². The van der Waals surface area contributed by atoms with Gasteiger partial charge in [0.15, 0.2) is 5.69 Å². The van der Waals surface area contributed by atoms with Crippen LogP contribution in [0.25, 0.3) is 0 Å². The second-order valence-electron chi connectivity index (χ2n) is 4.07. The summed E-state index contributed by atoms with van der Waals surface area (Å²) in [6, 6.07) is 3.88. The van der Waals surface area contributed by atoms with E-state index in [1.54, 1.807) is 0 Å². The number of carboxylic acid groups (broad SMARTS) is 1. The molecular formula is C13H7F3N3O3-. The Labute approximate surface area is 121 Å². The second kappa shape index (κ2) is 5.80. The molecule has 0 saturated heterocycles. The van der Waals surface area contributed by atoms with E-state index < -0.39 is 35.0 Å². The molecular weight excluding hydrogens is 303 g/mol. The van der Waals surface area contributed by atoms with Crippen molar-refractivity contribution in [2.24, 2.45) is 0 Å². The number of amides is 1. The lowest BCUT2D eigenvalue weighted by molar-refractivity contribution is -0.255. The van der Waals surface area contributed by atoms with Crippen LogP contribution in [-0.2, 0) is 6.18 Å². The second-order valence-corrected chi connectivity index (χ2v) is 4.07. The number of rotatable bonds is 3. The molecule has 0 aliphatic rings. The van der Waals surface area contributed by atoms with Crippen LogP contribution in [-0.4, -0.2) is 21.8 Å². The minimum Gasteiger partial charge on any atom is -0.543 e. The summed E-state index contributed by atoms with van der Waals surface area (Å²) in [5.41, 5.74) is -2.37. The summed E-state index contributed by atoms with van der Waals surface area (Å²) in [5.74, 6) is -2.73. The van der Waals surface area contributed by atoms with Crippen molar-refractivity contribution >= 4 is 17.6 Å². The highest BCUT2D eigenvalue weighted by Crippen LogP contribution is 2.30. The van der Waals surface area contributed by atoms with Crippen LogP contribution in [0.4, 0.5) is 18.9 Å². The molecule has 0 spiro atoms. The third-order valence-electron chi connectivity index (χ3n) is 2.55. The number of hydrogen-bond acceptors (Lipinski definition) is 5. The van der Waals surface area contributed by atoms with Gasteiger partial charge in [-0.25, -0.2) is 4.98 Å². The van der Waals surface area contributed by atoms with Gasteiger partial charge in [0, 0.05) is 18.1 Å². The first-order valence-electron chi connectivity index (χ1n) is 5.80. The summed E-state index contributed by atoms with van der Waals surface area (Å²) < 4.78 is 37.7. The zero-order valence-corrected chi connectivity index (χ0v) is 10.7. The Bertz CT molecular complexity index is 732. The molecule has 22 heavy (non-hydrogen) atoms. The predicted octanol–water partition coefficient (Wildman–Crippen LogP) is 1.11. The van der Waals surface area contributed by atoms with E-state index in [9.17, 15) is 27.9 Å². The van der Waals surface area contributed by atoms with Crippen LogP contribution in [0.3, 0.4) is 0 Å². The van der Waals surface area contributed by atoms with Crippen LogP contribution in [0.1, 0.15) is 26.5 Å². The maximum atomic E-state index is 12.6. The number of alkyl halides is 3. The maximum absolute atomic E-state index is 12.6. The van der Waals surface area contributed by atoms with Gasteiger partial charge in [0.1, 0.15) is 5.69 Å². The van der Waals surface area contributed by atoms with Gasteiger partial charge in [-0.05, 0) is 18.2 Å². The normalized spacial score (nSPS) is 11.0. The van der Waals surface area contributed by atoms with E-state index in [1.807, 2.05) is 0 Å². The highest BCUT2D eigenvalue weighted by Gasteiger charge is 2.30.